The smallest absolute Gasteiger partial charge is 0.401 e. The molecule has 20 heteroatoms. The van der Waals surface area contributed by atoms with Crippen LogP contribution in [0.2, 0.25) is 109 Å². The van der Waals surface area contributed by atoms with E-state index in [-0.39, 0.29) is 0 Å². The zero-order valence-corrected chi connectivity index (χ0v) is 84.5. The van der Waals surface area contributed by atoms with Crippen molar-refractivity contribution in [3.05, 3.63) is 240 Å². The van der Waals surface area contributed by atoms with Gasteiger partial charge < -0.3 is 45.2 Å². The molecule has 4 aromatic carbocycles. The highest BCUT2D eigenvalue weighted by atomic mass is 28.4. The lowest BCUT2D eigenvalue weighted by molar-refractivity contribution is 0.00578. The molecule has 0 atom stereocenters. The zero-order valence-electron chi connectivity index (χ0n) is 78.5. The van der Waals surface area contributed by atoms with Crippen molar-refractivity contribution in [1.29, 1.82) is 0 Å². The van der Waals surface area contributed by atoms with Crippen LogP contribution in [0.3, 0.4) is 0 Å². The van der Waals surface area contributed by atoms with Crippen molar-refractivity contribution >= 4 is 75.1 Å². The van der Waals surface area contributed by atoms with Gasteiger partial charge in [0.25, 0.3) is 0 Å². The summed E-state index contributed by atoms with van der Waals surface area (Å²) in [5.41, 5.74) is 5.28. The Bertz CT molecular complexity index is 4170. The van der Waals surface area contributed by atoms with E-state index in [0.717, 1.165) is 176 Å². The van der Waals surface area contributed by atoms with E-state index in [1.54, 1.807) is 0 Å². The molecule has 0 N–H and O–H groups in total. The van der Waals surface area contributed by atoms with Crippen molar-refractivity contribution in [2.45, 2.75) is 345 Å². The van der Waals surface area contributed by atoms with Gasteiger partial charge in [-0.2, -0.15) is 0 Å². The van der Waals surface area contributed by atoms with Gasteiger partial charge in [-0.15, -0.1) is 0 Å². The predicted octanol–water partition coefficient (Wildman–Crippen LogP) is 26.2. The molecule has 0 spiro atoms. The molecule has 0 amide bonds. The molecular formula is C100H148B2N2O10Si6. The molecule has 6 aromatic rings. The Morgan fingerprint density at radius 3 is 0.542 bits per heavy atom. The Kier molecular flexibility index (Phi) is 29.6. The molecule has 11 rings (SSSR count). The van der Waals surface area contributed by atoms with E-state index >= 15 is 0 Å². The molecule has 0 unspecified atom stereocenters. The lowest BCUT2D eigenvalue weighted by Crippen LogP contribution is -2.48. The summed E-state index contributed by atoms with van der Waals surface area (Å²) in [6.07, 6.45) is 31.9. The van der Waals surface area contributed by atoms with E-state index in [1.165, 1.54) is 0 Å². The fraction of sp³-hybridized carbons (Fsp3) is 0.540. The van der Waals surface area contributed by atoms with Gasteiger partial charge in [-0.1, -0.05) is 234 Å². The van der Waals surface area contributed by atoms with Crippen LogP contribution < -0.4 is 10.9 Å². The summed E-state index contributed by atoms with van der Waals surface area (Å²) in [6.45, 7) is 58.5. The monoisotopic (exact) mass is 1730 g/mol. The largest absolute Gasteiger partial charge is 0.494 e. The fourth-order valence-corrected chi connectivity index (χ4v) is 36.3. The second-order valence-electron chi connectivity index (χ2n) is 37.3. The molecule has 5 aliphatic rings. The minimum Gasteiger partial charge on any atom is -0.401 e. The Balaban J connectivity index is 0.914. The van der Waals surface area contributed by atoms with Gasteiger partial charge in [0, 0.05) is 34.6 Å². The summed E-state index contributed by atoms with van der Waals surface area (Å²) in [4.78, 5) is 10.7. The average Bonchev–Trinajstić information content (AvgIpc) is 1.06. The average molecular weight is 1730 g/mol. The van der Waals surface area contributed by atoms with E-state index in [9.17, 15) is 0 Å². The first-order valence-electron chi connectivity index (χ1n) is 46.5. The lowest BCUT2D eigenvalue weighted by Gasteiger charge is -2.46. The van der Waals surface area contributed by atoms with Gasteiger partial charge in [0.1, 0.15) is 33.6 Å². The van der Waals surface area contributed by atoms with E-state index in [1.807, 2.05) is 0 Å². The number of hydrogen-bond acceptors (Lipinski definition) is 12. The summed E-state index contributed by atoms with van der Waals surface area (Å²) in [6, 6.07) is 62.4. The van der Waals surface area contributed by atoms with Crippen molar-refractivity contribution in [2.24, 2.45) is 0 Å². The van der Waals surface area contributed by atoms with Gasteiger partial charge in [-0.3, -0.25) is 9.97 Å². The van der Waals surface area contributed by atoms with Crippen LogP contribution in [0.5, 0.6) is 0 Å². The van der Waals surface area contributed by atoms with Crippen LogP contribution in [0.1, 0.15) is 213 Å². The Morgan fingerprint density at radius 2 is 0.383 bits per heavy atom. The number of nitrogens with zero attached hydrogens (tertiary/aromatic N) is 2. The van der Waals surface area contributed by atoms with Gasteiger partial charge in [0.2, 0.25) is 0 Å². The summed E-state index contributed by atoms with van der Waals surface area (Å²) < 4.78 is 72.9. The van der Waals surface area contributed by atoms with Gasteiger partial charge >= 0.3 is 14.2 Å². The van der Waals surface area contributed by atoms with Gasteiger partial charge in [0.05, 0.1) is 33.8 Å². The molecule has 2 saturated heterocycles. The van der Waals surface area contributed by atoms with Crippen LogP contribution in [0, 0.1) is 0 Å². The predicted molar refractivity (Wildman–Crippen MR) is 518 cm³/mol. The Hall–Kier alpha value is -5.35. The van der Waals surface area contributed by atoms with Crippen molar-refractivity contribution in [1.82, 2.24) is 9.97 Å². The van der Waals surface area contributed by atoms with Crippen LogP contribution in [0.4, 0.5) is 0 Å². The molecule has 2 aromatic heterocycles. The molecule has 0 radical (unpaired) electrons. The summed E-state index contributed by atoms with van der Waals surface area (Å²) in [5.74, 6) is 0. The molecule has 3 aliphatic carbocycles. The molecule has 0 saturated carbocycles. The molecule has 0 bridgehead atoms. The lowest BCUT2D eigenvalue weighted by atomic mass is 9.76. The maximum absolute atomic E-state index is 7.85. The highest BCUT2D eigenvalue weighted by Crippen LogP contribution is 2.52. The summed E-state index contributed by atoms with van der Waals surface area (Å²) in [7, 11) is -14.5. The standard InChI is InChI=1S/C100H148B2N2O10Si6/c1-27-115(28-2,29-3)109-95(65-69-97(70-66-95,111-117(33-7,34-8)35-9)83-53-59-87(60-54-83)101-105-91(19,20)92(21,22)106-101)81-49-45-79(46-50-81)89-63-57-85(77-103-89)99(113-119(39-13,40-14)41-15)73-75-100(76-74-99,114-120(42-16,43-17)44-18)86-58-64-90(104-78-86)80-47-51-82(52-48-80)96(110-116(30-4,31-5)32-6)67-71-98(72-68-96,112-118(36-10,37-11)38-12)84-55-61-88(62-56-84)102-107-93(23,24)94(25,26)108-102/h45-78H,27-44H2,1-26H3. The van der Waals surface area contributed by atoms with Crippen molar-refractivity contribution in [3.8, 4) is 22.5 Å². The number of aromatic nitrogens is 2. The van der Waals surface area contributed by atoms with E-state index in [0.29, 0.717) is 0 Å². The fourth-order valence-electron chi connectivity index (χ4n) is 18.8. The Morgan fingerprint density at radius 1 is 0.225 bits per heavy atom. The second-order valence-corrected chi connectivity index (χ2v) is 65.4. The third-order valence-corrected chi connectivity index (χ3v) is 58.7. The minimum atomic E-state index is -2.31. The maximum Gasteiger partial charge on any atom is 0.494 e. The van der Waals surface area contributed by atoms with Crippen LogP contribution >= 0.6 is 0 Å². The normalized spacial score (nSPS) is 24.6. The quantitative estimate of drug-likeness (QED) is 0.0269. The van der Waals surface area contributed by atoms with Crippen molar-refractivity contribution in [2.75, 3.05) is 0 Å². The zero-order chi connectivity index (χ0) is 87.3. The van der Waals surface area contributed by atoms with E-state index in [2.05, 4.69) is 387 Å². The maximum atomic E-state index is 7.85. The first kappa shape index (κ1) is 95.3. The third-order valence-electron chi connectivity index (χ3n) is 30.8. The molecule has 2 aliphatic heterocycles. The summed E-state index contributed by atoms with van der Waals surface area (Å²) >= 11 is 0. The number of benzene rings is 4. The van der Waals surface area contributed by atoms with Crippen LogP contribution in [-0.4, -0.2) is 96.5 Å². The highest BCUT2D eigenvalue weighted by molar-refractivity contribution is 6.76. The van der Waals surface area contributed by atoms with Crippen LogP contribution in [-0.2, 0) is 78.8 Å². The minimum absolute atomic E-state index is 0.443. The molecule has 120 heavy (non-hydrogen) atoms. The second kappa shape index (κ2) is 37.3. The van der Waals surface area contributed by atoms with Crippen molar-refractivity contribution < 1.29 is 45.2 Å². The van der Waals surface area contributed by atoms with Gasteiger partial charge in [-0.05, 0) is 282 Å². The molecular weight excluding hydrogens is 1580 g/mol. The first-order valence-corrected chi connectivity index (χ1v) is 61.7. The highest BCUT2D eigenvalue weighted by Gasteiger charge is 2.56. The van der Waals surface area contributed by atoms with Crippen LogP contribution in [0.15, 0.2) is 207 Å². The molecule has 12 nitrogen and oxygen atoms in total. The van der Waals surface area contributed by atoms with Crippen LogP contribution in [0.25, 0.3) is 22.5 Å². The van der Waals surface area contributed by atoms with Crippen molar-refractivity contribution in [3.63, 3.8) is 0 Å². The first-order chi connectivity index (χ1) is 57.0. The van der Waals surface area contributed by atoms with E-state index < -0.39 is 120 Å². The number of rotatable bonds is 40. The number of hydrogen-bond donors (Lipinski definition) is 0. The molecule has 2 fully saturated rings. The third kappa shape index (κ3) is 18.3. The molecule has 4 heterocycles. The topological polar surface area (TPSA) is 118 Å². The van der Waals surface area contributed by atoms with Gasteiger partial charge in [0.15, 0.2) is 49.9 Å². The molecule has 648 valence electrons. The number of pyridine rings is 2. The summed E-state index contributed by atoms with van der Waals surface area (Å²) in [5, 5.41) is 0. The SMILES string of the molecule is CC[Si](CC)(CC)OC1(c2ccc(B3OC(C)(C)C(C)(C)O3)cc2)C=CC(O[Si](CC)(CC)CC)(c2ccc(-c3ccc(C4(O[Si](CC)(CC)CC)C=CC(O[Si](CC)(CC)CC)(c5ccc(-c6ccc(C7(O[Si](CC)(CC)CC)C=CC(O[Si](CC)(CC)CC)(c8ccc(B9OC(C)(C)C(C)(C)O9)cc8)C=C7)cc6)nc5)C=C4)cn3)cc2)C=C1. The van der Waals surface area contributed by atoms with E-state index in [4.69, 9.17) is 55.1 Å². The Labute approximate surface area is 732 Å². The van der Waals surface area contributed by atoms with Gasteiger partial charge in [-0.25, -0.2) is 0 Å².